The van der Waals surface area contributed by atoms with Crippen LogP contribution in [0.25, 0.3) is 82.7 Å². The van der Waals surface area contributed by atoms with Gasteiger partial charge >= 0.3 is 0 Å². The lowest BCUT2D eigenvalue weighted by Crippen LogP contribution is -2.11. The number of hydrogen-bond donors (Lipinski definition) is 0. The van der Waals surface area contributed by atoms with E-state index in [2.05, 4.69) is 173 Å². The molecule has 0 unspecified atom stereocenters. The van der Waals surface area contributed by atoms with Crippen molar-refractivity contribution in [3.8, 4) is 28.3 Å². The Hall–Kier alpha value is -7.43. The highest BCUT2D eigenvalue weighted by atomic mass is 16.3. The number of anilines is 3. The van der Waals surface area contributed by atoms with E-state index in [1.807, 2.05) is 36.4 Å². The fourth-order valence-electron chi connectivity index (χ4n) is 8.23. The minimum atomic E-state index is 0.598. The summed E-state index contributed by atoms with van der Waals surface area (Å²) in [7, 11) is 0. The standard InChI is InChI=1S/C51H33N3O/c1-3-15-36(16-4-1)51-52-45-23-13-25-47(50(45)55-51)53(40-30-28-35(29-31-40)38-27-26-34-14-7-8-17-37(34)32-38)48-33-44-42-21-11-12-24-46(42)54(39-18-5-2-6-19-39)49(44)43-22-10-9-20-41(43)48/h1-33H. The van der Waals surface area contributed by atoms with E-state index in [0.29, 0.717) is 5.89 Å². The van der Waals surface area contributed by atoms with Crippen LogP contribution in [-0.2, 0) is 0 Å². The molecule has 0 N–H and O–H groups in total. The number of fused-ring (bicyclic) bond motifs is 7. The second-order valence-electron chi connectivity index (χ2n) is 14.0. The van der Waals surface area contributed by atoms with E-state index in [9.17, 15) is 0 Å². The van der Waals surface area contributed by atoms with Crippen molar-refractivity contribution >= 4 is 71.5 Å². The minimum Gasteiger partial charge on any atom is -0.434 e. The predicted molar refractivity (Wildman–Crippen MR) is 229 cm³/mol. The van der Waals surface area contributed by atoms with E-state index in [4.69, 9.17) is 9.40 Å². The fourth-order valence-corrected chi connectivity index (χ4v) is 8.23. The average Bonchev–Trinajstić information content (AvgIpc) is 3.85. The number of aromatic nitrogens is 2. The van der Waals surface area contributed by atoms with E-state index in [-0.39, 0.29) is 0 Å². The number of hydrogen-bond acceptors (Lipinski definition) is 3. The van der Waals surface area contributed by atoms with Crippen molar-refractivity contribution in [1.29, 1.82) is 0 Å². The van der Waals surface area contributed by atoms with Crippen molar-refractivity contribution in [2.75, 3.05) is 4.90 Å². The molecule has 0 spiro atoms. The molecule has 0 radical (unpaired) electrons. The first-order chi connectivity index (χ1) is 27.3. The first kappa shape index (κ1) is 31.1. The zero-order valence-electron chi connectivity index (χ0n) is 29.8. The van der Waals surface area contributed by atoms with Crippen LogP contribution in [0.2, 0.25) is 0 Å². The number of oxazole rings is 1. The molecule has 0 fully saturated rings. The molecule has 4 heteroatoms. The zero-order valence-corrected chi connectivity index (χ0v) is 29.8. The molecule has 0 bridgehead atoms. The van der Waals surface area contributed by atoms with Crippen LogP contribution in [0.5, 0.6) is 0 Å². The first-order valence-corrected chi connectivity index (χ1v) is 18.6. The normalized spacial score (nSPS) is 11.6. The third-order valence-electron chi connectivity index (χ3n) is 10.8. The molecule has 9 aromatic carbocycles. The molecule has 0 saturated carbocycles. The Kier molecular flexibility index (Phi) is 7.14. The Bertz CT molecular complexity index is 3200. The monoisotopic (exact) mass is 703 g/mol. The summed E-state index contributed by atoms with van der Waals surface area (Å²) >= 11 is 0. The van der Waals surface area contributed by atoms with Gasteiger partial charge in [0.1, 0.15) is 5.52 Å². The molecule has 55 heavy (non-hydrogen) atoms. The van der Waals surface area contributed by atoms with Gasteiger partial charge in [-0.2, -0.15) is 0 Å². The van der Waals surface area contributed by atoms with E-state index in [1.54, 1.807) is 0 Å². The molecular formula is C51H33N3O. The molecular weight excluding hydrogens is 671 g/mol. The van der Waals surface area contributed by atoms with Crippen molar-refractivity contribution in [2.45, 2.75) is 0 Å². The van der Waals surface area contributed by atoms with Crippen LogP contribution >= 0.6 is 0 Å². The second kappa shape index (κ2) is 12.6. The van der Waals surface area contributed by atoms with Gasteiger partial charge in [-0.3, -0.25) is 0 Å². The average molecular weight is 704 g/mol. The highest BCUT2D eigenvalue weighted by Crippen LogP contribution is 2.47. The highest BCUT2D eigenvalue weighted by Gasteiger charge is 2.24. The molecule has 0 aliphatic heterocycles. The van der Waals surface area contributed by atoms with E-state index >= 15 is 0 Å². The summed E-state index contributed by atoms with van der Waals surface area (Å²) in [5.41, 5.74) is 11.3. The molecule has 2 aromatic heterocycles. The Morgan fingerprint density at radius 2 is 1.11 bits per heavy atom. The largest absolute Gasteiger partial charge is 0.434 e. The summed E-state index contributed by atoms with van der Waals surface area (Å²) < 4.78 is 9.12. The lowest BCUT2D eigenvalue weighted by Gasteiger charge is -2.27. The molecule has 2 heterocycles. The second-order valence-corrected chi connectivity index (χ2v) is 14.0. The van der Waals surface area contributed by atoms with Crippen LogP contribution in [0.15, 0.2) is 205 Å². The van der Waals surface area contributed by atoms with Crippen LogP contribution in [-0.4, -0.2) is 9.55 Å². The van der Waals surface area contributed by atoms with E-state index in [0.717, 1.165) is 50.4 Å². The topological polar surface area (TPSA) is 34.2 Å². The maximum atomic E-state index is 6.72. The van der Waals surface area contributed by atoms with Crippen LogP contribution in [0.4, 0.5) is 17.1 Å². The third-order valence-corrected chi connectivity index (χ3v) is 10.8. The molecule has 258 valence electrons. The Morgan fingerprint density at radius 1 is 0.436 bits per heavy atom. The number of rotatable bonds is 6. The summed E-state index contributed by atoms with van der Waals surface area (Å²) in [6.45, 7) is 0. The summed E-state index contributed by atoms with van der Waals surface area (Å²) in [5, 5.41) is 7.15. The van der Waals surface area contributed by atoms with Crippen molar-refractivity contribution in [2.24, 2.45) is 0 Å². The molecule has 11 rings (SSSR count). The van der Waals surface area contributed by atoms with Gasteiger partial charge in [-0.1, -0.05) is 133 Å². The van der Waals surface area contributed by atoms with Crippen LogP contribution in [0.1, 0.15) is 0 Å². The first-order valence-electron chi connectivity index (χ1n) is 18.6. The van der Waals surface area contributed by atoms with Crippen molar-refractivity contribution in [3.63, 3.8) is 0 Å². The van der Waals surface area contributed by atoms with Gasteiger partial charge in [-0.05, 0) is 88.6 Å². The lowest BCUT2D eigenvalue weighted by molar-refractivity contribution is 0.620. The molecule has 0 aliphatic carbocycles. The van der Waals surface area contributed by atoms with Gasteiger partial charge in [-0.15, -0.1) is 0 Å². The molecule has 0 saturated heterocycles. The predicted octanol–water partition coefficient (Wildman–Crippen LogP) is 14.0. The van der Waals surface area contributed by atoms with Crippen molar-refractivity contribution in [3.05, 3.63) is 200 Å². The van der Waals surface area contributed by atoms with Gasteiger partial charge in [0.05, 0.1) is 22.4 Å². The molecule has 0 atom stereocenters. The lowest BCUT2D eigenvalue weighted by atomic mass is 9.99. The van der Waals surface area contributed by atoms with Crippen LogP contribution in [0, 0.1) is 0 Å². The maximum Gasteiger partial charge on any atom is 0.227 e. The Morgan fingerprint density at radius 3 is 1.93 bits per heavy atom. The van der Waals surface area contributed by atoms with Gasteiger partial charge in [0, 0.05) is 38.5 Å². The minimum absolute atomic E-state index is 0.598. The SMILES string of the molecule is c1ccc(-c2nc3cccc(N(c4ccc(-c5ccc6ccccc6c5)cc4)c4cc5c6ccccc6n(-c6ccccc6)c5c5ccccc45)c3o2)cc1. The highest BCUT2D eigenvalue weighted by molar-refractivity contribution is 6.22. The third kappa shape index (κ3) is 5.11. The van der Waals surface area contributed by atoms with Gasteiger partial charge in [-0.25, -0.2) is 4.98 Å². The number of para-hydroxylation sites is 3. The van der Waals surface area contributed by atoms with Gasteiger partial charge in [0.15, 0.2) is 5.58 Å². The quantitative estimate of drug-likeness (QED) is 0.173. The molecule has 0 amide bonds. The smallest absolute Gasteiger partial charge is 0.227 e. The van der Waals surface area contributed by atoms with E-state index in [1.165, 1.54) is 43.5 Å². The molecule has 4 nitrogen and oxygen atoms in total. The van der Waals surface area contributed by atoms with Gasteiger partial charge in [0.25, 0.3) is 0 Å². The number of benzene rings is 9. The summed E-state index contributed by atoms with van der Waals surface area (Å²) in [6, 6.07) is 71.0. The van der Waals surface area contributed by atoms with Gasteiger partial charge in [0.2, 0.25) is 5.89 Å². The Balaban J connectivity index is 1.18. The van der Waals surface area contributed by atoms with Crippen LogP contribution in [0.3, 0.4) is 0 Å². The van der Waals surface area contributed by atoms with Crippen LogP contribution < -0.4 is 4.90 Å². The fraction of sp³-hybridized carbons (Fsp3) is 0. The van der Waals surface area contributed by atoms with Crippen molar-refractivity contribution in [1.82, 2.24) is 9.55 Å². The summed E-state index contributed by atoms with van der Waals surface area (Å²) in [6.07, 6.45) is 0. The summed E-state index contributed by atoms with van der Waals surface area (Å²) in [5.74, 6) is 0.598. The van der Waals surface area contributed by atoms with Crippen molar-refractivity contribution < 1.29 is 4.42 Å². The summed E-state index contributed by atoms with van der Waals surface area (Å²) in [4.78, 5) is 7.34. The van der Waals surface area contributed by atoms with Gasteiger partial charge < -0.3 is 13.9 Å². The number of nitrogens with zero attached hydrogens (tertiary/aromatic N) is 3. The van der Waals surface area contributed by atoms with E-state index < -0.39 is 0 Å². The maximum absolute atomic E-state index is 6.72. The zero-order chi connectivity index (χ0) is 36.3. The molecule has 11 aromatic rings. The molecule has 0 aliphatic rings. The Labute approximate surface area is 317 Å².